The molecule has 1 heterocycles. The fourth-order valence-electron chi connectivity index (χ4n) is 6.70. The number of likely N-dealkylation sites (N-methyl/N-ethyl adjacent to an activating group) is 1. The van der Waals surface area contributed by atoms with E-state index in [0.717, 1.165) is 44.9 Å². The van der Waals surface area contributed by atoms with Crippen molar-refractivity contribution < 1.29 is 33.8 Å². The molecule has 0 bridgehead atoms. The molecule has 0 unspecified atom stereocenters. The molecule has 14 heteroatoms. The van der Waals surface area contributed by atoms with Crippen molar-refractivity contribution in [3.05, 3.63) is 0 Å². The molecule has 276 valence electrons. The molecular weight excluding hydrogens is 618 g/mol. The summed E-state index contributed by atoms with van der Waals surface area (Å²) in [6.45, 7) is 10.1. The lowest BCUT2D eigenvalue weighted by molar-refractivity contribution is -0.145. The maximum Gasteiger partial charge on any atom is 0.245 e. The minimum absolute atomic E-state index is 0.0619. The fraction of sp³-hybridized carbons (Fsp3) is 0.853. The van der Waals surface area contributed by atoms with E-state index in [0.29, 0.717) is 32.5 Å². The van der Waals surface area contributed by atoms with Gasteiger partial charge in [-0.2, -0.15) is 0 Å². The van der Waals surface area contributed by atoms with Gasteiger partial charge in [-0.15, -0.1) is 0 Å². The van der Waals surface area contributed by atoms with Crippen molar-refractivity contribution in [3.63, 3.8) is 0 Å². The van der Waals surface area contributed by atoms with Crippen LogP contribution in [0.4, 0.5) is 0 Å². The standard InChI is InChI=1S/C34H63N7O7/c1-8-9-16-41-20-22(4)36-32(45)28(23(5)42)38-30(43)25(19-35)37-33(46)29(24-13-11-10-12-14-24)39-31(44)27(18-21(2)3)40(6)34(47)26(41)15-17-48-7/h21-29,42H,8-20,35H2,1-7H3,(H,36,45)(H,37,46)(H,38,43)(H,39,44)/t22-,23+,25+,26+,27+,28+,29+/m1/s1. The third-order valence-corrected chi connectivity index (χ3v) is 9.46. The molecule has 1 aliphatic heterocycles. The van der Waals surface area contributed by atoms with E-state index >= 15 is 0 Å². The number of nitrogens with two attached hydrogens (primary N) is 1. The first-order valence-corrected chi connectivity index (χ1v) is 17.8. The Kier molecular flexibility index (Phi) is 17.8. The third-order valence-electron chi connectivity index (χ3n) is 9.46. The molecule has 2 rings (SSSR count). The van der Waals surface area contributed by atoms with Gasteiger partial charge in [0.25, 0.3) is 0 Å². The highest BCUT2D eigenvalue weighted by Crippen LogP contribution is 2.27. The molecular formula is C34H63N7O7. The number of aliphatic hydroxyl groups excluding tert-OH is 1. The molecule has 0 radical (unpaired) electrons. The summed E-state index contributed by atoms with van der Waals surface area (Å²) in [5.74, 6) is -2.68. The number of hydrogen-bond donors (Lipinski definition) is 6. The molecule has 7 N–H and O–H groups in total. The van der Waals surface area contributed by atoms with Crippen LogP contribution >= 0.6 is 0 Å². The average Bonchev–Trinajstić information content (AvgIpc) is 3.04. The molecule has 14 nitrogen and oxygen atoms in total. The monoisotopic (exact) mass is 681 g/mol. The van der Waals surface area contributed by atoms with E-state index in [4.69, 9.17) is 10.5 Å². The van der Waals surface area contributed by atoms with Gasteiger partial charge in [0.2, 0.25) is 29.5 Å². The first kappa shape index (κ1) is 41.4. The van der Waals surface area contributed by atoms with Crippen LogP contribution in [0, 0.1) is 11.8 Å². The van der Waals surface area contributed by atoms with Gasteiger partial charge in [-0.1, -0.05) is 46.5 Å². The molecule has 2 fully saturated rings. The molecule has 1 aliphatic carbocycles. The number of carbonyl (C=O) groups is 5. The number of nitrogens with zero attached hydrogens (tertiary/aromatic N) is 2. The number of methoxy groups -OCH3 is 1. The van der Waals surface area contributed by atoms with Crippen LogP contribution in [0.2, 0.25) is 0 Å². The maximum atomic E-state index is 14.4. The topological polar surface area (TPSA) is 195 Å². The molecule has 0 aromatic carbocycles. The van der Waals surface area contributed by atoms with E-state index in [1.807, 2.05) is 18.7 Å². The normalized spacial score (nSPS) is 29.0. The summed E-state index contributed by atoms with van der Waals surface area (Å²) in [4.78, 5) is 72.8. The van der Waals surface area contributed by atoms with Crippen LogP contribution in [0.15, 0.2) is 0 Å². The molecule has 48 heavy (non-hydrogen) atoms. The summed E-state index contributed by atoms with van der Waals surface area (Å²) in [6.07, 6.45) is 5.41. The summed E-state index contributed by atoms with van der Waals surface area (Å²) in [6, 6.07) is -5.49. The van der Waals surface area contributed by atoms with Crippen molar-refractivity contribution in [2.75, 3.05) is 40.4 Å². The lowest BCUT2D eigenvalue weighted by Gasteiger charge is -2.39. The number of hydrogen-bond acceptors (Lipinski definition) is 9. The Morgan fingerprint density at radius 3 is 2.15 bits per heavy atom. The zero-order valence-corrected chi connectivity index (χ0v) is 30.3. The highest BCUT2D eigenvalue weighted by molar-refractivity contribution is 5.96. The first-order chi connectivity index (χ1) is 22.7. The minimum atomic E-state index is -1.32. The number of unbranched alkanes of at least 4 members (excludes halogenated alkanes) is 1. The molecule has 5 amide bonds. The highest BCUT2D eigenvalue weighted by Gasteiger charge is 2.39. The van der Waals surface area contributed by atoms with Crippen molar-refractivity contribution in [3.8, 4) is 0 Å². The van der Waals surface area contributed by atoms with Gasteiger partial charge in [-0.05, 0) is 64.3 Å². The zero-order chi connectivity index (χ0) is 36.0. The Bertz CT molecular complexity index is 1050. The molecule has 1 saturated carbocycles. The van der Waals surface area contributed by atoms with Gasteiger partial charge in [-0.25, -0.2) is 0 Å². The smallest absolute Gasteiger partial charge is 0.245 e. The number of carbonyl (C=O) groups excluding carboxylic acids is 5. The molecule has 7 atom stereocenters. The largest absolute Gasteiger partial charge is 0.391 e. The summed E-state index contributed by atoms with van der Waals surface area (Å²) in [7, 11) is 3.20. The number of ether oxygens (including phenoxy) is 1. The van der Waals surface area contributed by atoms with Crippen LogP contribution in [-0.4, -0.2) is 127 Å². The Morgan fingerprint density at radius 1 is 0.917 bits per heavy atom. The van der Waals surface area contributed by atoms with E-state index < -0.39 is 66.0 Å². The van der Waals surface area contributed by atoms with Crippen molar-refractivity contribution in [2.24, 2.45) is 17.6 Å². The number of amides is 5. The molecule has 0 spiro atoms. The van der Waals surface area contributed by atoms with Crippen LogP contribution in [0.3, 0.4) is 0 Å². The van der Waals surface area contributed by atoms with E-state index in [-0.39, 0.29) is 24.3 Å². The second-order valence-electron chi connectivity index (χ2n) is 14.1. The Hall–Kier alpha value is -2.81. The SMILES string of the molecule is CCCCN1C[C@@H](C)NC(=O)[C@H]([C@H](C)O)NC(=O)[C@H](CN)NC(=O)[C@H](C2CCCCC2)NC(=O)[C@H](CC(C)C)N(C)C(=O)[C@@H]1CCOC. The van der Waals surface area contributed by atoms with Crippen molar-refractivity contribution in [2.45, 2.75) is 135 Å². The minimum Gasteiger partial charge on any atom is -0.391 e. The summed E-state index contributed by atoms with van der Waals surface area (Å²) < 4.78 is 5.40. The van der Waals surface area contributed by atoms with Crippen LogP contribution in [0.1, 0.15) is 92.4 Å². The number of nitrogens with one attached hydrogen (secondary N) is 4. The molecule has 1 saturated heterocycles. The summed E-state index contributed by atoms with van der Waals surface area (Å²) in [5.41, 5.74) is 5.93. The quantitative estimate of drug-likeness (QED) is 0.177. The van der Waals surface area contributed by atoms with Gasteiger partial charge in [0.05, 0.1) is 12.1 Å². The van der Waals surface area contributed by atoms with Gasteiger partial charge >= 0.3 is 0 Å². The summed E-state index contributed by atoms with van der Waals surface area (Å²) >= 11 is 0. The second kappa shape index (κ2) is 20.6. The molecule has 2 aliphatic rings. The van der Waals surface area contributed by atoms with Crippen LogP contribution < -0.4 is 27.0 Å². The van der Waals surface area contributed by atoms with Crippen molar-refractivity contribution in [1.82, 2.24) is 31.1 Å². The van der Waals surface area contributed by atoms with Gasteiger partial charge in [-0.3, -0.25) is 28.9 Å². The number of aliphatic hydroxyl groups is 1. The third kappa shape index (κ3) is 12.3. The van der Waals surface area contributed by atoms with E-state index in [1.165, 1.54) is 11.8 Å². The zero-order valence-electron chi connectivity index (χ0n) is 30.3. The predicted molar refractivity (Wildman–Crippen MR) is 183 cm³/mol. The average molecular weight is 682 g/mol. The van der Waals surface area contributed by atoms with E-state index in [9.17, 15) is 29.1 Å². The molecule has 0 aromatic heterocycles. The highest BCUT2D eigenvalue weighted by atomic mass is 16.5. The molecule has 0 aromatic rings. The Labute approximate surface area is 287 Å². The van der Waals surface area contributed by atoms with Gasteiger partial charge in [0.1, 0.15) is 24.2 Å². The van der Waals surface area contributed by atoms with Crippen molar-refractivity contribution in [1.29, 1.82) is 0 Å². The van der Waals surface area contributed by atoms with E-state index in [1.54, 1.807) is 21.1 Å². The first-order valence-electron chi connectivity index (χ1n) is 17.8. The predicted octanol–water partition coefficient (Wildman–Crippen LogP) is 0.259. The maximum absolute atomic E-state index is 14.4. The second-order valence-corrected chi connectivity index (χ2v) is 14.1. The van der Waals surface area contributed by atoms with Gasteiger partial charge in [0.15, 0.2) is 0 Å². The lowest BCUT2D eigenvalue weighted by atomic mass is 9.83. The van der Waals surface area contributed by atoms with Crippen LogP contribution in [0.5, 0.6) is 0 Å². The van der Waals surface area contributed by atoms with Gasteiger partial charge in [0, 0.05) is 39.9 Å². The van der Waals surface area contributed by atoms with Crippen LogP contribution in [0.25, 0.3) is 0 Å². The van der Waals surface area contributed by atoms with Crippen molar-refractivity contribution >= 4 is 29.5 Å². The Balaban J connectivity index is 2.66. The van der Waals surface area contributed by atoms with Gasteiger partial charge < -0.3 is 41.7 Å². The van der Waals surface area contributed by atoms with Crippen LogP contribution in [-0.2, 0) is 28.7 Å². The number of rotatable bonds is 11. The fourth-order valence-corrected chi connectivity index (χ4v) is 6.70. The Morgan fingerprint density at radius 2 is 1.58 bits per heavy atom. The lowest BCUT2D eigenvalue weighted by Crippen LogP contribution is -2.64. The van der Waals surface area contributed by atoms with E-state index in [2.05, 4.69) is 28.2 Å². The summed E-state index contributed by atoms with van der Waals surface area (Å²) in [5, 5.41) is 21.6.